The number of imidazole rings is 1. The van der Waals surface area contributed by atoms with E-state index in [0.717, 1.165) is 5.69 Å². The van der Waals surface area contributed by atoms with Crippen LogP contribution in [0.1, 0.15) is 53.6 Å². The molecule has 1 aromatic carbocycles. The van der Waals surface area contributed by atoms with Crippen molar-refractivity contribution < 1.29 is 23.1 Å². The van der Waals surface area contributed by atoms with E-state index in [2.05, 4.69) is 19.9 Å². The lowest BCUT2D eigenvalue weighted by atomic mass is 10.0. The third kappa shape index (κ3) is 3.28. The predicted octanol–water partition coefficient (Wildman–Crippen LogP) is 3.35. The second kappa shape index (κ2) is 6.89. The third-order valence-electron chi connectivity index (χ3n) is 5.09. The number of hydrogen-bond acceptors (Lipinski definition) is 7. The molecule has 0 unspecified atom stereocenters. The fourth-order valence-electron chi connectivity index (χ4n) is 3.60. The quantitative estimate of drug-likeness (QED) is 0.496. The van der Waals surface area contributed by atoms with E-state index in [-0.39, 0.29) is 28.3 Å². The van der Waals surface area contributed by atoms with Gasteiger partial charge in [-0.3, -0.25) is 4.79 Å². The fraction of sp³-hybridized carbons (Fsp3) is 0.300. The number of fused-ring (bicyclic) bond motifs is 2. The summed E-state index contributed by atoms with van der Waals surface area (Å²) in [5.41, 5.74) is 0.692. The third-order valence-corrected chi connectivity index (χ3v) is 5.35. The van der Waals surface area contributed by atoms with E-state index < -0.39 is 23.4 Å². The molecule has 4 aromatic rings. The average molecular weight is 446 g/mol. The molecule has 0 aliphatic carbocycles. The molecule has 0 bridgehead atoms. The lowest BCUT2D eigenvalue weighted by molar-refractivity contribution is 0.0436. The summed E-state index contributed by atoms with van der Waals surface area (Å²) < 4.78 is 24.9. The summed E-state index contributed by atoms with van der Waals surface area (Å²) in [5, 5.41) is 9.99. The first-order valence-electron chi connectivity index (χ1n) is 9.50. The van der Waals surface area contributed by atoms with Crippen LogP contribution in [0.4, 0.5) is 4.39 Å². The van der Waals surface area contributed by atoms with Gasteiger partial charge in [0.2, 0.25) is 17.5 Å². The molecule has 0 spiro atoms. The van der Waals surface area contributed by atoms with Crippen LogP contribution < -0.4 is 0 Å². The molecule has 1 aliphatic rings. The van der Waals surface area contributed by atoms with Crippen molar-refractivity contribution in [3.05, 3.63) is 64.4 Å². The Morgan fingerprint density at radius 2 is 2.16 bits per heavy atom. The Labute approximate surface area is 179 Å². The molecule has 31 heavy (non-hydrogen) atoms. The van der Waals surface area contributed by atoms with Gasteiger partial charge in [-0.25, -0.2) is 14.4 Å². The van der Waals surface area contributed by atoms with Crippen molar-refractivity contribution in [2.45, 2.75) is 31.9 Å². The normalized spacial score (nSPS) is 16.7. The smallest absolute Gasteiger partial charge is 0.293 e. The van der Waals surface area contributed by atoms with E-state index in [1.807, 2.05) is 0 Å². The maximum absolute atomic E-state index is 13.6. The van der Waals surface area contributed by atoms with Crippen LogP contribution in [0.5, 0.6) is 0 Å². The maximum atomic E-state index is 13.6. The van der Waals surface area contributed by atoms with E-state index in [4.69, 9.17) is 20.4 Å². The molecule has 0 saturated carbocycles. The van der Waals surface area contributed by atoms with Gasteiger partial charge in [-0.15, -0.1) is 0 Å². The number of halogens is 2. The lowest BCUT2D eigenvalue weighted by Crippen LogP contribution is -2.41. The fourth-order valence-corrected chi connectivity index (χ4v) is 3.80. The predicted molar refractivity (Wildman–Crippen MR) is 106 cm³/mol. The number of nitrogens with zero attached hydrogens (tertiary/aromatic N) is 4. The number of aliphatic hydroxyl groups is 1. The number of oxazole rings is 2. The Morgan fingerprint density at radius 3 is 2.90 bits per heavy atom. The number of amides is 1. The summed E-state index contributed by atoms with van der Waals surface area (Å²) >= 11 is 6.15. The second-order valence-corrected chi connectivity index (χ2v) is 8.14. The van der Waals surface area contributed by atoms with Crippen LogP contribution in [0.25, 0.3) is 11.1 Å². The zero-order valence-corrected chi connectivity index (χ0v) is 17.3. The molecule has 3 aromatic heterocycles. The first-order chi connectivity index (χ1) is 14.7. The van der Waals surface area contributed by atoms with Crippen molar-refractivity contribution in [3.63, 3.8) is 0 Å². The highest BCUT2D eigenvalue weighted by molar-refractivity contribution is 6.32. The largest absolute Gasteiger partial charge is 0.438 e. The van der Waals surface area contributed by atoms with Crippen LogP contribution >= 0.6 is 11.6 Å². The number of carbonyl (C=O) groups excluding carboxylic acids is 1. The van der Waals surface area contributed by atoms with E-state index in [1.165, 1.54) is 43.3 Å². The van der Waals surface area contributed by atoms with Crippen molar-refractivity contribution in [1.82, 2.24) is 24.8 Å². The Kier molecular flexibility index (Phi) is 4.38. The van der Waals surface area contributed by atoms with E-state index in [1.54, 1.807) is 0 Å². The van der Waals surface area contributed by atoms with Gasteiger partial charge in [0, 0.05) is 24.7 Å². The molecule has 2 N–H and O–H groups in total. The zero-order chi connectivity index (χ0) is 21.9. The van der Waals surface area contributed by atoms with Crippen molar-refractivity contribution in [3.8, 4) is 0 Å². The number of hydrogen-bond donors (Lipinski definition) is 2. The van der Waals surface area contributed by atoms with Gasteiger partial charge in [0.15, 0.2) is 16.8 Å². The van der Waals surface area contributed by atoms with Gasteiger partial charge in [0.25, 0.3) is 5.91 Å². The number of benzene rings is 1. The second-order valence-electron chi connectivity index (χ2n) is 7.78. The van der Waals surface area contributed by atoms with Crippen LogP contribution in [0, 0.1) is 5.82 Å². The molecule has 1 atom stereocenters. The van der Waals surface area contributed by atoms with Gasteiger partial charge in [-0.1, -0.05) is 11.6 Å². The number of carbonyl (C=O) groups is 1. The monoisotopic (exact) mass is 445 g/mol. The van der Waals surface area contributed by atoms with Crippen molar-refractivity contribution >= 4 is 28.6 Å². The van der Waals surface area contributed by atoms with Crippen molar-refractivity contribution in [2.75, 3.05) is 6.54 Å². The SMILES string of the molecule is CC(C)(O)c1nc(Cl)c(C(=O)N2CCc3[nH]cnc3[C@H]2c2nc3ccc(F)cc3o2)o1. The van der Waals surface area contributed by atoms with Gasteiger partial charge >= 0.3 is 0 Å². The number of aromatic amines is 1. The number of nitrogens with one attached hydrogen (secondary N) is 1. The Hall–Kier alpha value is -3.24. The summed E-state index contributed by atoms with van der Waals surface area (Å²) in [5.74, 6) is -1.11. The van der Waals surface area contributed by atoms with Crippen molar-refractivity contribution in [2.24, 2.45) is 0 Å². The van der Waals surface area contributed by atoms with Crippen molar-refractivity contribution in [1.29, 1.82) is 0 Å². The Balaban J connectivity index is 1.60. The van der Waals surface area contributed by atoms with Gasteiger partial charge in [-0.2, -0.15) is 4.98 Å². The van der Waals surface area contributed by atoms with Gasteiger partial charge in [-0.05, 0) is 26.0 Å². The van der Waals surface area contributed by atoms with Crippen LogP contribution in [0.3, 0.4) is 0 Å². The molecule has 11 heteroatoms. The lowest BCUT2D eigenvalue weighted by Gasteiger charge is -2.32. The minimum atomic E-state index is -1.41. The van der Waals surface area contributed by atoms with Crippen LogP contribution in [-0.2, 0) is 12.0 Å². The van der Waals surface area contributed by atoms with Crippen LogP contribution in [0.2, 0.25) is 5.15 Å². The minimum Gasteiger partial charge on any atom is -0.438 e. The number of rotatable bonds is 3. The highest BCUT2D eigenvalue weighted by Gasteiger charge is 2.40. The number of aromatic nitrogens is 4. The molecule has 0 fully saturated rings. The zero-order valence-electron chi connectivity index (χ0n) is 16.5. The molecule has 1 aliphatic heterocycles. The molecule has 0 saturated heterocycles. The van der Waals surface area contributed by atoms with Gasteiger partial charge in [0.1, 0.15) is 16.9 Å². The standard InChI is InChI=1S/C20H17ClFN5O4/c1-20(2,29)19-26-16(21)15(31-19)18(28)27-6-5-11-13(24-8-23-11)14(27)17-25-10-4-3-9(22)7-12(10)30-17/h3-4,7-8,14,29H,5-6H2,1-2H3,(H,23,24)/t14-/m0/s1. The molecule has 9 nitrogen and oxygen atoms in total. The van der Waals surface area contributed by atoms with E-state index in [0.29, 0.717) is 24.2 Å². The first kappa shape index (κ1) is 19.7. The van der Waals surface area contributed by atoms with Crippen LogP contribution in [0.15, 0.2) is 33.4 Å². The van der Waals surface area contributed by atoms with Gasteiger partial charge < -0.3 is 23.8 Å². The molecule has 160 valence electrons. The molecular formula is C20H17ClFN5O4. The Morgan fingerprint density at radius 1 is 1.35 bits per heavy atom. The molecular weight excluding hydrogens is 429 g/mol. The van der Waals surface area contributed by atoms with E-state index >= 15 is 0 Å². The summed E-state index contributed by atoms with van der Waals surface area (Å²) in [6.45, 7) is 3.24. The maximum Gasteiger partial charge on any atom is 0.293 e. The summed E-state index contributed by atoms with van der Waals surface area (Å²) in [6, 6.07) is 3.23. The van der Waals surface area contributed by atoms with E-state index in [9.17, 15) is 14.3 Å². The molecule has 5 rings (SSSR count). The molecule has 1 amide bonds. The summed E-state index contributed by atoms with van der Waals surface area (Å²) in [4.78, 5) is 30.7. The Bertz CT molecular complexity index is 1300. The highest BCUT2D eigenvalue weighted by atomic mass is 35.5. The average Bonchev–Trinajstić information content (AvgIpc) is 3.43. The minimum absolute atomic E-state index is 0.0767. The topological polar surface area (TPSA) is 121 Å². The first-order valence-corrected chi connectivity index (χ1v) is 9.88. The molecule has 0 radical (unpaired) electrons. The van der Waals surface area contributed by atoms with Gasteiger partial charge in [0.05, 0.1) is 12.0 Å². The summed E-state index contributed by atoms with van der Waals surface area (Å²) in [7, 11) is 0. The number of H-pyrrole nitrogens is 1. The highest BCUT2D eigenvalue weighted by Crippen LogP contribution is 2.37. The summed E-state index contributed by atoms with van der Waals surface area (Å²) in [6.07, 6.45) is 2.04. The molecule has 4 heterocycles. The van der Waals surface area contributed by atoms with Crippen LogP contribution in [-0.4, -0.2) is 42.4 Å².